The van der Waals surface area contributed by atoms with Gasteiger partial charge in [0.1, 0.15) is 0 Å². The molecule has 1 aromatic carbocycles. The number of H-pyrrole nitrogens is 1. The van der Waals surface area contributed by atoms with Crippen molar-refractivity contribution in [1.82, 2.24) is 15.2 Å². The van der Waals surface area contributed by atoms with Crippen molar-refractivity contribution in [3.8, 4) is 6.07 Å². The van der Waals surface area contributed by atoms with Gasteiger partial charge in [-0.3, -0.25) is 0 Å². The minimum absolute atomic E-state index is 0.146. The quantitative estimate of drug-likeness (QED) is 0.879. The van der Waals surface area contributed by atoms with Crippen molar-refractivity contribution in [3.05, 3.63) is 27.8 Å². The van der Waals surface area contributed by atoms with E-state index in [1.54, 1.807) is 0 Å². The molecule has 8 heteroatoms. The lowest BCUT2D eigenvalue weighted by Crippen LogP contribution is -2.06. The lowest BCUT2D eigenvalue weighted by molar-refractivity contribution is 0.594. The predicted molar refractivity (Wildman–Crippen MR) is 88.0 cm³/mol. The fourth-order valence-electron chi connectivity index (χ4n) is 3.82. The molecule has 0 aliphatic heterocycles. The van der Waals surface area contributed by atoms with Crippen LogP contribution < -0.4 is 5.32 Å². The minimum Gasteiger partial charge on any atom is -0.322 e. The van der Waals surface area contributed by atoms with Crippen LogP contribution in [0.3, 0.4) is 0 Å². The van der Waals surface area contributed by atoms with Crippen LogP contribution in [0.2, 0.25) is 0 Å². The van der Waals surface area contributed by atoms with Crippen LogP contribution in [0.4, 0.5) is 11.6 Å². The lowest BCUT2D eigenvalue weighted by Gasteiger charge is -2.17. The van der Waals surface area contributed by atoms with Gasteiger partial charge in [0, 0.05) is 11.9 Å². The monoisotopic (exact) mass is 343 g/mol. The average Bonchev–Trinajstić information content (AvgIpc) is 3.26. The molecule has 124 valence electrons. The zero-order chi connectivity index (χ0) is 16.9. The summed E-state index contributed by atoms with van der Waals surface area (Å²) in [6.45, 7) is 0. The average molecular weight is 343 g/mol. The highest BCUT2D eigenvalue weighted by molar-refractivity contribution is 7.90. The van der Waals surface area contributed by atoms with Crippen LogP contribution in [0.15, 0.2) is 5.16 Å². The smallest absolute Gasteiger partial charge is 0.247 e. The number of nitriles is 1. The summed E-state index contributed by atoms with van der Waals surface area (Å²) in [5.74, 6) is 0.253. The molecule has 4 rings (SSSR count). The molecule has 2 N–H and O–H groups in total. The molecule has 7 nitrogen and oxygen atoms in total. The molecule has 0 amide bonds. The highest BCUT2D eigenvalue weighted by Gasteiger charge is 2.29. The van der Waals surface area contributed by atoms with Crippen molar-refractivity contribution in [2.45, 2.75) is 43.7 Å². The number of benzene rings is 1. The van der Waals surface area contributed by atoms with Gasteiger partial charge in [0.25, 0.3) is 0 Å². The standard InChI is InChI=1S/C16H17N5O2S/c1-24(22,23)16-19-15(20-21-16)18-14-11-6-2-4-9(11)13(8-17)10-5-3-7-12(10)14/h2-7H2,1H3,(H2,18,19,20,21). The van der Waals surface area contributed by atoms with Crippen molar-refractivity contribution < 1.29 is 8.42 Å². The summed E-state index contributed by atoms with van der Waals surface area (Å²) >= 11 is 0. The van der Waals surface area contributed by atoms with Gasteiger partial charge in [-0.1, -0.05) is 0 Å². The van der Waals surface area contributed by atoms with Crippen molar-refractivity contribution in [3.63, 3.8) is 0 Å². The largest absolute Gasteiger partial charge is 0.322 e. The molecule has 1 heterocycles. The van der Waals surface area contributed by atoms with Gasteiger partial charge >= 0.3 is 0 Å². The van der Waals surface area contributed by atoms with E-state index in [9.17, 15) is 13.7 Å². The second-order valence-corrected chi connectivity index (χ2v) is 8.28. The number of fused-ring (bicyclic) bond motifs is 2. The number of anilines is 2. The number of aromatic nitrogens is 3. The molecule has 0 bridgehead atoms. The van der Waals surface area contributed by atoms with E-state index in [-0.39, 0.29) is 11.1 Å². The van der Waals surface area contributed by atoms with Gasteiger partial charge in [0.2, 0.25) is 20.9 Å². The van der Waals surface area contributed by atoms with E-state index in [2.05, 4.69) is 26.6 Å². The number of hydrogen-bond acceptors (Lipinski definition) is 6. The Labute approximate surface area is 140 Å². The number of sulfone groups is 1. The Kier molecular flexibility index (Phi) is 3.35. The molecule has 0 saturated carbocycles. The molecule has 0 unspecified atom stereocenters. The SMILES string of the molecule is CS(=O)(=O)c1nc(Nc2c3c(c(C#N)c4c2CCC4)CCC3)n[nH]1. The van der Waals surface area contributed by atoms with Gasteiger partial charge in [-0.05, 0) is 60.8 Å². The van der Waals surface area contributed by atoms with Gasteiger partial charge in [0.15, 0.2) is 0 Å². The molecule has 2 aliphatic rings. The second kappa shape index (κ2) is 5.31. The molecule has 2 aliphatic carbocycles. The number of hydrogen-bond donors (Lipinski definition) is 2. The number of nitrogens with zero attached hydrogens (tertiary/aromatic N) is 3. The van der Waals surface area contributed by atoms with E-state index in [0.717, 1.165) is 78.3 Å². The second-order valence-electron chi connectivity index (χ2n) is 6.34. The van der Waals surface area contributed by atoms with E-state index in [4.69, 9.17) is 0 Å². The molecule has 2 aromatic rings. The molecular weight excluding hydrogens is 326 g/mol. The first kappa shape index (κ1) is 15.1. The van der Waals surface area contributed by atoms with E-state index in [1.807, 2.05) is 0 Å². The summed E-state index contributed by atoms with van der Waals surface area (Å²) in [6, 6.07) is 2.40. The zero-order valence-electron chi connectivity index (χ0n) is 13.3. The maximum absolute atomic E-state index is 11.6. The fraction of sp³-hybridized carbons (Fsp3) is 0.438. The topological polar surface area (TPSA) is 112 Å². The molecule has 1 aromatic heterocycles. The zero-order valence-corrected chi connectivity index (χ0v) is 14.1. The maximum Gasteiger partial charge on any atom is 0.247 e. The molecular formula is C16H17N5O2S. The van der Waals surface area contributed by atoms with Crippen LogP contribution in [0, 0.1) is 11.3 Å². The third-order valence-corrected chi connectivity index (χ3v) is 5.69. The Morgan fingerprint density at radius 1 is 1.08 bits per heavy atom. The Bertz CT molecular complexity index is 950. The van der Waals surface area contributed by atoms with Crippen molar-refractivity contribution in [2.24, 2.45) is 0 Å². The summed E-state index contributed by atoms with van der Waals surface area (Å²) in [5, 5.41) is 19.1. The first-order valence-corrected chi connectivity index (χ1v) is 9.87. The van der Waals surface area contributed by atoms with Gasteiger partial charge in [-0.2, -0.15) is 10.2 Å². The molecule has 0 saturated heterocycles. The summed E-state index contributed by atoms with van der Waals surface area (Å²) in [6.07, 6.45) is 6.83. The Morgan fingerprint density at radius 3 is 2.17 bits per heavy atom. The molecule has 0 fully saturated rings. The predicted octanol–water partition coefficient (Wildman–Crippen LogP) is 1.80. The van der Waals surface area contributed by atoms with Crippen LogP contribution in [0.1, 0.15) is 40.7 Å². The first-order chi connectivity index (χ1) is 11.5. The first-order valence-electron chi connectivity index (χ1n) is 7.98. The number of rotatable bonds is 3. The van der Waals surface area contributed by atoms with Gasteiger partial charge < -0.3 is 5.32 Å². The minimum atomic E-state index is -3.42. The van der Waals surface area contributed by atoms with E-state index in [0.29, 0.717) is 0 Å². The summed E-state index contributed by atoms with van der Waals surface area (Å²) in [5.41, 5.74) is 6.44. The molecule has 0 atom stereocenters. The summed E-state index contributed by atoms with van der Waals surface area (Å²) < 4.78 is 23.1. The van der Waals surface area contributed by atoms with Crippen molar-refractivity contribution in [2.75, 3.05) is 11.6 Å². The van der Waals surface area contributed by atoms with Gasteiger partial charge in [-0.15, -0.1) is 5.10 Å². The Balaban J connectivity index is 1.82. The Morgan fingerprint density at radius 2 is 1.67 bits per heavy atom. The molecule has 24 heavy (non-hydrogen) atoms. The maximum atomic E-state index is 11.6. The third-order valence-electron chi connectivity index (χ3n) is 4.81. The van der Waals surface area contributed by atoms with Crippen LogP contribution >= 0.6 is 0 Å². The van der Waals surface area contributed by atoms with Gasteiger partial charge in [-0.25, -0.2) is 13.5 Å². The van der Waals surface area contributed by atoms with E-state index in [1.165, 1.54) is 0 Å². The summed E-state index contributed by atoms with van der Waals surface area (Å²) in [4.78, 5) is 4.04. The molecule has 0 spiro atoms. The number of aromatic amines is 1. The van der Waals surface area contributed by atoms with E-state index >= 15 is 0 Å². The highest BCUT2D eigenvalue weighted by Crippen LogP contribution is 2.42. The highest BCUT2D eigenvalue weighted by atomic mass is 32.2. The van der Waals surface area contributed by atoms with Crippen LogP contribution in [0.25, 0.3) is 0 Å². The normalized spacial score (nSPS) is 15.8. The van der Waals surface area contributed by atoms with Crippen LogP contribution in [-0.4, -0.2) is 29.9 Å². The van der Waals surface area contributed by atoms with Crippen molar-refractivity contribution >= 4 is 21.5 Å². The molecule has 0 radical (unpaired) electrons. The fourth-order valence-corrected chi connectivity index (χ4v) is 4.29. The van der Waals surface area contributed by atoms with Crippen LogP contribution in [0.5, 0.6) is 0 Å². The third kappa shape index (κ3) is 2.27. The van der Waals surface area contributed by atoms with Crippen LogP contribution in [-0.2, 0) is 35.5 Å². The Hall–Kier alpha value is -2.40. The van der Waals surface area contributed by atoms with E-state index < -0.39 is 9.84 Å². The number of nitrogens with one attached hydrogen (secondary N) is 2. The lowest BCUT2D eigenvalue weighted by atomic mass is 9.93. The van der Waals surface area contributed by atoms with Crippen molar-refractivity contribution in [1.29, 1.82) is 5.26 Å². The summed E-state index contributed by atoms with van der Waals surface area (Å²) in [7, 11) is -3.42. The van der Waals surface area contributed by atoms with Gasteiger partial charge in [0.05, 0.1) is 11.6 Å².